The number of aromatic nitrogens is 2. The van der Waals surface area contributed by atoms with Crippen LogP contribution in [0.5, 0.6) is 0 Å². The van der Waals surface area contributed by atoms with E-state index in [9.17, 15) is 5.26 Å². The number of hydrogen-bond acceptors (Lipinski definition) is 4. The van der Waals surface area contributed by atoms with Crippen LogP contribution in [0.3, 0.4) is 0 Å². The van der Waals surface area contributed by atoms with E-state index in [0.717, 1.165) is 54.9 Å². The van der Waals surface area contributed by atoms with E-state index in [1.54, 1.807) is 0 Å². The van der Waals surface area contributed by atoms with E-state index in [1.807, 2.05) is 19.1 Å². The van der Waals surface area contributed by atoms with Crippen LogP contribution in [0.4, 0.5) is 5.95 Å². The van der Waals surface area contributed by atoms with E-state index >= 15 is 0 Å². The Morgan fingerprint density at radius 3 is 2.66 bits per heavy atom. The van der Waals surface area contributed by atoms with Gasteiger partial charge in [0.05, 0.1) is 22.7 Å². The van der Waals surface area contributed by atoms with Crippen LogP contribution in [0.25, 0.3) is 11.0 Å². The summed E-state index contributed by atoms with van der Waals surface area (Å²) in [5, 5.41) is 12.9. The van der Waals surface area contributed by atoms with Gasteiger partial charge in [0.15, 0.2) is 0 Å². The van der Waals surface area contributed by atoms with E-state index in [2.05, 4.69) is 65.2 Å². The van der Waals surface area contributed by atoms with Gasteiger partial charge >= 0.3 is 0 Å². The van der Waals surface area contributed by atoms with Gasteiger partial charge in [0.25, 0.3) is 0 Å². The number of anilines is 1. The number of para-hydroxylation sites is 2. The lowest BCUT2D eigenvalue weighted by Gasteiger charge is -2.32. The molecule has 3 aromatic rings. The largest absolute Gasteiger partial charge is 0.353 e. The molecule has 1 aromatic heterocycles. The lowest BCUT2D eigenvalue weighted by atomic mass is 9.89. The molecule has 1 saturated heterocycles. The second-order valence-corrected chi connectivity index (χ2v) is 9.18. The van der Waals surface area contributed by atoms with Crippen LogP contribution in [0.15, 0.2) is 42.5 Å². The smallest absolute Gasteiger partial charge is 0.203 e. The molecule has 1 unspecified atom stereocenters. The number of benzene rings is 2. The first-order valence-corrected chi connectivity index (χ1v) is 12.0. The van der Waals surface area contributed by atoms with Gasteiger partial charge in [-0.25, -0.2) is 4.98 Å². The fourth-order valence-electron chi connectivity index (χ4n) is 4.99. The molecule has 0 radical (unpaired) electrons. The average Bonchev–Trinajstić information content (AvgIpc) is 3.13. The summed E-state index contributed by atoms with van der Waals surface area (Å²) in [5.41, 5.74) is 5.50. The number of nitrogens with one attached hydrogen (secondary N) is 1. The molecule has 2 aromatic carbocycles. The van der Waals surface area contributed by atoms with Crippen molar-refractivity contribution in [1.29, 1.82) is 5.26 Å². The van der Waals surface area contributed by atoms with Crippen molar-refractivity contribution in [1.82, 2.24) is 14.5 Å². The highest BCUT2D eigenvalue weighted by Gasteiger charge is 2.21. The van der Waals surface area contributed by atoms with Gasteiger partial charge in [0.1, 0.15) is 0 Å². The van der Waals surface area contributed by atoms with E-state index in [0.29, 0.717) is 12.0 Å². The third kappa shape index (κ3) is 4.97. The molecular weight excluding hydrogens is 394 g/mol. The van der Waals surface area contributed by atoms with Gasteiger partial charge in [-0.1, -0.05) is 31.2 Å². The second-order valence-electron chi connectivity index (χ2n) is 9.18. The Labute approximate surface area is 192 Å². The molecule has 5 nitrogen and oxygen atoms in total. The van der Waals surface area contributed by atoms with E-state index in [4.69, 9.17) is 4.98 Å². The van der Waals surface area contributed by atoms with Crippen LogP contribution < -0.4 is 5.32 Å². The predicted octanol–water partition coefficient (Wildman–Crippen LogP) is 5.60. The minimum absolute atomic E-state index is 0.492. The molecule has 32 heavy (non-hydrogen) atoms. The molecule has 4 rings (SSSR count). The highest BCUT2D eigenvalue weighted by atomic mass is 15.2. The fraction of sp³-hybridized carbons (Fsp3) is 0.481. The number of nitrogens with zero attached hydrogens (tertiary/aromatic N) is 4. The Bertz CT molecular complexity index is 1090. The summed E-state index contributed by atoms with van der Waals surface area (Å²) in [4.78, 5) is 7.38. The van der Waals surface area contributed by atoms with Crippen molar-refractivity contribution in [3.05, 3.63) is 59.2 Å². The molecule has 0 aliphatic carbocycles. The topological polar surface area (TPSA) is 56.9 Å². The van der Waals surface area contributed by atoms with Gasteiger partial charge in [-0.15, -0.1) is 0 Å². The molecule has 5 heteroatoms. The number of aryl methyl sites for hydroxylation is 2. The standard InChI is InChI=1S/C27H35N5/c1-4-21(22-11-12-23(19-28)20(2)18-22)8-7-15-32-16-13-24(14-17-32)29-27-30-25-9-5-6-10-26(25)31(27)3/h5-6,9-12,18,21,24H,4,7-8,13-17H2,1-3H3,(H,29,30). The monoisotopic (exact) mass is 429 g/mol. The van der Waals surface area contributed by atoms with Crippen LogP contribution in [0.2, 0.25) is 0 Å². The van der Waals surface area contributed by atoms with Crippen LogP contribution >= 0.6 is 0 Å². The van der Waals surface area contributed by atoms with E-state index in [-0.39, 0.29) is 0 Å². The first kappa shape index (κ1) is 22.4. The Morgan fingerprint density at radius 1 is 1.19 bits per heavy atom. The third-order valence-electron chi connectivity index (χ3n) is 7.07. The van der Waals surface area contributed by atoms with Crippen LogP contribution in [-0.4, -0.2) is 40.1 Å². The zero-order chi connectivity index (χ0) is 22.5. The number of imidazole rings is 1. The van der Waals surface area contributed by atoms with Gasteiger partial charge in [-0.05, 0) is 80.8 Å². The zero-order valence-electron chi connectivity index (χ0n) is 19.6. The minimum atomic E-state index is 0.492. The maximum atomic E-state index is 9.17. The molecule has 0 spiro atoms. The van der Waals surface area contributed by atoms with Gasteiger partial charge in [-0.3, -0.25) is 0 Å². The Hall–Kier alpha value is -2.84. The highest BCUT2D eigenvalue weighted by Crippen LogP contribution is 2.27. The number of hydrogen-bond donors (Lipinski definition) is 1. The highest BCUT2D eigenvalue weighted by molar-refractivity contribution is 5.78. The molecule has 1 atom stereocenters. The zero-order valence-corrected chi connectivity index (χ0v) is 19.6. The number of likely N-dealkylation sites (tertiary alicyclic amines) is 1. The molecule has 0 bridgehead atoms. The van der Waals surface area contributed by atoms with Crippen molar-refractivity contribution in [2.75, 3.05) is 25.0 Å². The first-order valence-electron chi connectivity index (χ1n) is 12.0. The van der Waals surface area contributed by atoms with Crippen LogP contribution in [-0.2, 0) is 7.05 Å². The summed E-state index contributed by atoms with van der Waals surface area (Å²) in [5.74, 6) is 1.56. The SMILES string of the molecule is CCC(CCCN1CCC(Nc2nc3ccccc3n2C)CC1)c1ccc(C#N)c(C)c1. The Morgan fingerprint density at radius 2 is 1.97 bits per heavy atom. The summed E-state index contributed by atoms with van der Waals surface area (Å²) in [6, 6.07) is 17.4. The number of fused-ring (bicyclic) bond motifs is 1. The van der Waals surface area contributed by atoms with Crippen molar-refractivity contribution < 1.29 is 0 Å². The summed E-state index contributed by atoms with van der Waals surface area (Å²) in [6.07, 6.45) is 5.90. The maximum Gasteiger partial charge on any atom is 0.203 e. The van der Waals surface area contributed by atoms with Crippen LogP contribution in [0, 0.1) is 18.3 Å². The lowest BCUT2D eigenvalue weighted by Crippen LogP contribution is -2.39. The molecule has 2 heterocycles. The second kappa shape index (κ2) is 10.2. The maximum absolute atomic E-state index is 9.17. The normalized spacial score (nSPS) is 16.2. The van der Waals surface area contributed by atoms with Crippen molar-refractivity contribution in [2.45, 2.75) is 57.9 Å². The summed E-state index contributed by atoms with van der Waals surface area (Å²) in [6.45, 7) is 7.78. The number of nitriles is 1. The Kier molecular flexibility index (Phi) is 7.12. The van der Waals surface area contributed by atoms with Crippen molar-refractivity contribution in [2.24, 2.45) is 7.05 Å². The van der Waals surface area contributed by atoms with Gasteiger partial charge in [0, 0.05) is 26.2 Å². The van der Waals surface area contributed by atoms with Crippen molar-refractivity contribution >= 4 is 17.0 Å². The summed E-state index contributed by atoms with van der Waals surface area (Å²) in [7, 11) is 2.09. The summed E-state index contributed by atoms with van der Waals surface area (Å²) >= 11 is 0. The van der Waals surface area contributed by atoms with E-state index < -0.39 is 0 Å². The lowest BCUT2D eigenvalue weighted by molar-refractivity contribution is 0.213. The minimum Gasteiger partial charge on any atom is -0.353 e. The molecular formula is C27H35N5. The van der Waals surface area contributed by atoms with Crippen LogP contribution in [0.1, 0.15) is 61.6 Å². The average molecular weight is 430 g/mol. The van der Waals surface area contributed by atoms with Gasteiger partial charge in [-0.2, -0.15) is 5.26 Å². The quantitative estimate of drug-likeness (QED) is 0.506. The van der Waals surface area contributed by atoms with Gasteiger partial charge in [0.2, 0.25) is 5.95 Å². The molecule has 0 amide bonds. The molecule has 1 aliphatic heterocycles. The molecule has 1 fully saturated rings. The number of rotatable bonds is 8. The molecule has 168 valence electrons. The molecule has 1 aliphatic rings. The number of piperidine rings is 1. The molecule has 1 N–H and O–H groups in total. The first-order chi connectivity index (χ1) is 15.6. The van der Waals surface area contributed by atoms with Crippen molar-refractivity contribution in [3.8, 4) is 6.07 Å². The molecule has 0 saturated carbocycles. The third-order valence-corrected chi connectivity index (χ3v) is 7.07. The summed E-state index contributed by atoms with van der Waals surface area (Å²) < 4.78 is 2.16. The Balaban J connectivity index is 1.24. The fourth-order valence-corrected chi connectivity index (χ4v) is 4.99. The van der Waals surface area contributed by atoms with E-state index in [1.165, 1.54) is 30.5 Å². The predicted molar refractivity (Wildman–Crippen MR) is 132 cm³/mol. The van der Waals surface area contributed by atoms with Crippen molar-refractivity contribution in [3.63, 3.8) is 0 Å². The van der Waals surface area contributed by atoms with Gasteiger partial charge < -0.3 is 14.8 Å².